The number of fused-ring (bicyclic) bond motifs is 1. The van der Waals surface area contributed by atoms with Crippen LogP contribution in [0.5, 0.6) is 0 Å². The molecule has 0 radical (unpaired) electrons. The van der Waals surface area contributed by atoms with Crippen molar-refractivity contribution in [1.82, 2.24) is 10.3 Å². The van der Waals surface area contributed by atoms with Gasteiger partial charge in [0, 0.05) is 36.4 Å². The highest BCUT2D eigenvalue weighted by atomic mass is 16.3. The van der Waals surface area contributed by atoms with Gasteiger partial charge in [0.25, 0.3) is 5.91 Å². The van der Waals surface area contributed by atoms with Gasteiger partial charge >= 0.3 is 6.03 Å². The van der Waals surface area contributed by atoms with E-state index in [-0.39, 0.29) is 11.9 Å². The van der Waals surface area contributed by atoms with Gasteiger partial charge in [-0.15, -0.1) is 0 Å². The number of urea groups is 1. The fourth-order valence-electron chi connectivity index (χ4n) is 3.21. The summed E-state index contributed by atoms with van der Waals surface area (Å²) in [5.74, 6) is 0.458. The van der Waals surface area contributed by atoms with Crippen LogP contribution in [-0.2, 0) is 6.42 Å². The van der Waals surface area contributed by atoms with Crippen LogP contribution in [0.3, 0.4) is 0 Å². The molecule has 0 unspecified atom stereocenters. The molecule has 3 amide bonds. The first-order valence-electron chi connectivity index (χ1n) is 8.92. The molecule has 0 aliphatic carbocycles. The summed E-state index contributed by atoms with van der Waals surface area (Å²) in [7, 11) is 0. The average molecular weight is 364 g/mol. The van der Waals surface area contributed by atoms with E-state index in [9.17, 15) is 9.59 Å². The van der Waals surface area contributed by atoms with Gasteiger partial charge < -0.3 is 15.1 Å². The molecule has 0 spiro atoms. The lowest BCUT2D eigenvalue weighted by Gasteiger charge is -2.17. The number of carbonyl (C=O) groups is 2. The van der Waals surface area contributed by atoms with E-state index in [0.29, 0.717) is 35.8 Å². The topological polar surface area (TPSA) is 87.5 Å². The summed E-state index contributed by atoms with van der Waals surface area (Å²) < 4.78 is 5.59. The summed E-state index contributed by atoms with van der Waals surface area (Å²) in [5.41, 5.74) is 4.30. The summed E-state index contributed by atoms with van der Waals surface area (Å²) in [5, 5.41) is 5.67. The first kappa shape index (κ1) is 17.1. The van der Waals surface area contributed by atoms with Gasteiger partial charge in [0.1, 0.15) is 5.52 Å². The van der Waals surface area contributed by atoms with Crippen LogP contribution in [0.15, 0.2) is 40.8 Å². The normalized spacial score (nSPS) is 13.9. The van der Waals surface area contributed by atoms with E-state index in [0.717, 1.165) is 23.2 Å². The second kappa shape index (κ2) is 6.75. The molecule has 1 aliphatic rings. The van der Waals surface area contributed by atoms with Crippen LogP contribution in [0.1, 0.15) is 28.7 Å². The third-order valence-corrected chi connectivity index (χ3v) is 4.60. The number of nitrogens with one attached hydrogen (secondary N) is 2. The van der Waals surface area contributed by atoms with Gasteiger partial charge in [-0.1, -0.05) is 6.92 Å². The van der Waals surface area contributed by atoms with Crippen molar-refractivity contribution < 1.29 is 14.0 Å². The number of oxazole rings is 1. The number of aromatic nitrogens is 1. The second-order valence-corrected chi connectivity index (χ2v) is 6.48. The summed E-state index contributed by atoms with van der Waals surface area (Å²) in [4.78, 5) is 30.5. The van der Waals surface area contributed by atoms with E-state index < -0.39 is 0 Å². The van der Waals surface area contributed by atoms with Gasteiger partial charge in [-0.2, -0.15) is 0 Å². The number of benzene rings is 2. The quantitative estimate of drug-likeness (QED) is 0.742. The Labute approximate surface area is 156 Å². The van der Waals surface area contributed by atoms with E-state index in [1.165, 1.54) is 0 Å². The van der Waals surface area contributed by atoms with E-state index in [4.69, 9.17) is 4.42 Å². The molecular formula is C20H20N4O3. The predicted molar refractivity (Wildman–Crippen MR) is 103 cm³/mol. The molecule has 4 rings (SSSR count). The minimum Gasteiger partial charge on any atom is -0.441 e. The zero-order valence-corrected chi connectivity index (χ0v) is 15.2. The Morgan fingerprint density at radius 1 is 1.30 bits per heavy atom. The van der Waals surface area contributed by atoms with Gasteiger partial charge in [0.05, 0.1) is 0 Å². The zero-order chi connectivity index (χ0) is 19.0. The lowest BCUT2D eigenvalue weighted by Crippen LogP contribution is -2.28. The minimum absolute atomic E-state index is 0.109. The van der Waals surface area contributed by atoms with Crippen molar-refractivity contribution in [3.05, 3.63) is 53.4 Å². The van der Waals surface area contributed by atoms with Crippen LogP contribution in [0, 0.1) is 6.92 Å². The van der Waals surface area contributed by atoms with E-state index >= 15 is 0 Å². The van der Waals surface area contributed by atoms with E-state index in [1.807, 2.05) is 19.9 Å². The lowest BCUT2D eigenvalue weighted by atomic mass is 10.1. The molecule has 2 aromatic carbocycles. The summed E-state index contributed by atoms with van der Waals surface area (Å²) in [6, 6.07) is 10.6. The first-order valence-corrected chi connectivity index (χ1v) is 8.92. The third kappa shape index (κ3) is 3.23. The Morgan fingerprint density at radius 2 is 2.15 bits per heavy atom. The summed E-state index contributed by atoms with van der Waals surface area (Å²) in [6.07, 6.45) is 0.719. The molecule has 27 heavy (non-hydrogen) atoms. The van der Waals surface area contributed by atoms with Crippen molar-refractivity contribution in [3.8, 4) is 0 Å². The molecule has 1 aromatic heterocycles. The van der Waals surface area contributed by atoms with Gasteiger partial charge in [0.2, 0.25) is 0 Å². The molecule has 3 aromatic rings. The van der Waals surface area contributed by atoms with Crippen LogP contribution in [-0.4, -0.2) is 30.0 Å². The van der Waals surface area contributed by atoms with Crippen LogP contribution >= 0.6 is 0 Å². The Hall–Kier alpha value is -3.35. The SMILES string of the molecule is CCc1nc2cc(NC(=O)c3ccc(N4CCNC4=O)c(C)c3)ccc2o1. The minimum atomic E-state index is -0.214. The van der Waals surface area contributed by atoms with Gasteiger partial charge in [-0.25, -0.2) is 9.78 Å². The Bertz CT molecular complexity index is 1040. The van der Waals surface area contributed by atoms with Crippen LogP contribution in [0.25, 0.3) is 11.1 Å². The van der Waals surface area contributed by atoms with Crippen molar-refractivity contribution in [2.24, 2.45) is 0 Å². The summed E-state index contributed by atoms with van der Waals surface area (Å²) >= 11 is 0. The molecule has 1 aliphatic heterocycles. The maximum absolute atomic E-state index is 12.6. The zero-order valence-electron chi connectivity index (χ0n) is 15.2. The highest BCUT2D eigenvalue weighted by Gasteiger charge is 2.23. The molecule has 1 fully saturated rings. The van der Waals surface area contributed by atoms with Gasteiger partial charge in [0.15, 0.2) is 11.5 Å². The lowest BCUT2D eigenvalue weighted by molar-refractivity contribution is 0.102. The molecule has 138 valence electrons. The second-order valence-electron chi connectivity index (χ2n) is 6.48. The summed E-state index contributed by atoms with van der Waals surface area (Å²) in [6.45, 7) is 5.13. The molecule has 7 heteroatoms. The van der Waals surface area contributed by atoms with Gasteiger partial charge in [-0.05, 0) is 48.9 Å². The third-order valence-electron chi connectivity index (χ3n) is 4.60. The van der Waals surface area contributed by atoms with Crippen LogP contribution < -0.4 is 15.5 Å². The Balaban J connectivity index is 1.54. The molecule has 2 N–H and O–H groups in total. The smallest absolute Gasteiger partial charge is 0.322 e. The standard InChI is InChI=1S/C20H20N4O3/c1-3-18-23-15-11-14(5-7-17(15)27-18)22-19(25)13-4-6-16(12(2)10-13)24-9-8-21-20(24)26/h4-7,10-11H,3,8-9H2,1-2H3,(H,21,26)(H,22,25). The first-order chi connectivity index (χ1) is 13.0. The van der Waals surface area contributed by atoms with Crippen LogP contribution in [0.2, 0.25) is 0 Å². The average Bonchev–Trinajstić information content (AvgIpc) is 3.27. The van der Waals surface area contributed by atoms with Crippen molar-refractivity contribution in [2.45, 2.75) is 20.3 Å². The molecule has 2 heterocycles. The van der Waals surface area contributed by atoms with Gasteiger partial charge in [-0.3, -0.25) is 9.69 Å². The largest absolute Gasteiger partial charge is 0.441 e. The van der Waals surface area contributed by atoms with Crippen molar-refractivity contribution in [1.29, 1.82) is 0 Å². The molecule has 0 atom stereocenters. The predicted octanol–water partition coefficient (Wildman–Crippen LogP) is 3.48. The molecule has 1 saturated heterocycles. The number of aryl methyl sites for hydroxylation is 2. The van der Waals surface area contributed by atoms with Crippen LogP contribution in [0.4, 0.5) is 16.2 Å². The van der Waals surface area contributed by atoms with Crippen molar-refractivity contribution in [3.63, 3.8) is 0 Å². The monoisotopic (exact) mass is 364 g/mol. The number of hydrogen-bond acceptors (Lipinski definition) is 4. The molecular weight excluding hydrogens is 344 g/mol. The Kier molecular flexibility index (Phi) is 4.27. The van der Waals surface area contributed by atoms with Crippen molar-refractivity contribution in [2.75, 3.05) is 23.3 Å². The molecule has 0 saturated carbocycles. The number of amides is 3. The van der Waals surface area contributed by atoms with Crippen molar-refractivity contribution >= 4 is 34.4 Å². The number of hydrogen-bond donors (Lipinski definition) is 2. The number of nitrogens with zero attached hydrogens (tertiary/aromatic N) is 2. The highest BCUT2D eigenvalue weighted by Crippen LogP contribution is 2.24. The van der Waals surface area contributed by atoms with E-state index in [2.05, 4.69) is 15.6 Å². The maximum Gasteiger partial charge on any atom is 0.322 e. The Morgan fingerprint density at radius 3 is 2.85 bits per heavy atom. The number of rotatable bonds is 4. The highest BCUT2D eigenvalue weighted by molar-refractivity contribution is 6.05. The molecule has 7 nitrogen and oxygen atoms in total. The maximum atomic E-state index is 12.6. The number of carbonyl (C=O) groups excluding carboxylic acids is 2. The van der Waals surface area contributed by atoms with E-state index in [1.54, 1.807) is 35.2 Å². The number of anilines is 2. The molecule has 0 bridgehead atoms. The fourth-order valence-corrected chi connectivity index (χ4v) is 3.21. The fraction of sp³-hybridized carbons (Fsp3) is 0.250.